The second-order valence-electron chi connectivity index (χ2n) is 8.76. The molecule has 2 aromatic carbocycles. The molecule has 1 aromatic heterocycles. The minimum atomic E-state index is -0.325. The smallest absolute Gasteiger partial charge is 0.224 e. The van der Waals surface area contributed by atoms with E-state index < -0.39 is 0 Å². The lowest BCUT2D eigenvalue weighted by Crippen LogP contribution is -2.48. The predicted octanol–water partition coefficient (Wildman–Crippen LogP) is 4.14. The van der Waals surface area contributed by atoms with Crippen LogP contribution in [0, 0.1) is 5.82 Å². The van der Waals surface area contributed by atoms with E-state index in [0.717, 1.165) is 35.4 Å². The van der Waals surface area contributed by atoms with Gasteiger partial charge in [-0.1, -0.05) is 12.1 Å². The van der Waals surface area contributed by atoms with Gasteiger partial charge in [0.2, 0.25) is 5.91 Å². The van der Waals surface area contributed by atoms with Gasteiger partial charge in [0, 0.05) is 38.5 Å². The number of aryl methyl sites for hydroxylation is 1. The number of allylic oxidation sites excluding steroid dienone is 1. The standard InChI is InChI=1S/C25H27FN6O/c1-15-14-31(25-24-20(26)5-4-6-22(24)30(3)29-25)23-11-17(7-10-21(23)32(15)16(2)33)18(12-27)13-28-19-8-9-19/h4-7,10-13,15,19H,8-9,14,27H2,1-3H3/t15-/m0/s1. The molecule has 1 fully saturated rings. The molecule has 1 aliphatic heterocycles. The molecule has 33 heavy (non-hydrogen) atoms. The van der Waals surface area contributed by atoms with Crippen LogP contribution in [0.25, 0.3) is 16.5 Å². The molecule has 2 aliphatic rings. The first kappa shape index (κ1) is 21.2. The zero-order valence-electron chi connectivity index (χ0n) is 19.0. The number of rotatable bonds is 4. The summed E-state index contributed by atoms with van der Waals surface area (Å²) in [5.41, 5.74) is 9.86. The first-order valence-corrected chi connectivity index (χ1v) is 11.2. The third kappa shape index (κ3) is 3.65. The highest BCUT2D eigenvalue weighted by atomic mass is 19.1. The molecule has 0 saturated heterocycles. The normalized spacial score (nSPS) is 18.9. The molecule has 170 valence electrons. The van der Waals surface area contributed by atoms with Crippen molar-refractivity contribution in [3.05, 3.63) is 54.0 Å². The summed E-state index contributed by atoms with van der Waals surface area (Å²) in [4.78, 5) is 20.9. The fourth-order valence-electron chi connectivity index (χ4n) is 4.55. The van der Waals surface area contributed by atoms with Crippen molar-refractivity contribution in [2.45, 2.75) is 38.8 Å². The molecule has 2 heterocycles. The third-order valence-corrected chi connectivity index (χ3v) is 6.30. The second kappa shape index (κ2) is 8.03. The summed E-state index contributed by atoms with van der Waals surface area (Å²) in [7, 11) is 1.81. The van der Waals surface area contributed by atoms with E-state index in [9.17, 15) is 9.18 Å². The minimum Gasteiger partial charge on any atom is -0.404 e. The molecule has 1 aliphatic carbocycles. The molecule has 0 unspecified atom stereocenters. The van der Waals surface area contributed by atoms with Gasteiger partial charge in [-0.05, 0) is 49.6 Å². The third-order valence-electron chi connectivity index (χ3n) is 6.30. The molecular formula is C25H27FN6O. The van der Waals surface area contributed by atoms with Gasteiger partial charge in [-0.25, -0.2) is 4.39 Å². The SMILES string of the molecule is CC(=O)N1c2ccc(C(C=NC3CC3)=CN)cc2N(c2nn(C)c3cccc(F)c23)C[C@@H]1C. The van der Waals surface area contributed by atoms with Gasteiger partial charge in [0.05, 0.1) is 34.4 Å². The van der Waals surface area contributed by atoms with E-state index in [2.05, 4.69) is 10.1 Å². The predicted molar refractivity (Wildman–Crippen MR) is 130 cm³/mol. The Morgan fingerprint density at radius 3 is 2.73 bits per heavy atom. The van der Waals surface area contributed by atoms with Crippen LogP contribution < -0.4 is 15.5 Å². The highest BCUT2D eigenvalue weighted by Gasteiger charge is 2.34. The Balaban J connectivity index is 1.69. The van der Waals surface area contributed by atoms with Crippen LogP contribution in [0.15, 0.2) is 47.6 Å². The maximum Gasteiger partial charge on any atom is 0.224 e. The Bertz CT molecular complexity index is 1310. The summed E-state index contributed by atoms with van der Waals surface area (Å²) in [5, 5.41) is 5.14. The van der Waals surface area contributed by atoms with Crippen molar-refractivity contribution >= 4 is 45.8 Å². The number of nitrogens with two attached hydrogens (primary N) is 1. The average Bonchev–Trinajstić information content (AvgIpc) is 3.55. The van der Waals surface area contributed by atoms with Crippen molar-refractivity contribution in [1.29, 1.82) is 0 Å². The van der Waals surface area contributed by atoms with Crippen LogP contribution >= 0.6 is 0 Å². The van der Waals surface area contributed by atoms with Crippen molar-refractivity contribution in [3.8, 4) is 0 Å². The number of carbonyl (C=O) groups is 1. The Morgan fingerprint density at radius 2 is 2.03 bits per heavy atom. The number of hydrogen-bond donors (Lipinski definition) is 1. The summed E-state index contributed by atoms with van der Waals surface area (Å²) >= 11 is 0. The number of hydrogen-bond acceptors (Lipinski definition) is 5. The topological polar surface area (TPSA) is 79.8 Å². The fourth-order valence-corrected chi connectivity index (χ4v) is 4.55. The van der Waals surface area contributed by atoms with E-state index in [-0.39, 0.29) is 17.8 Å². The zero-order chi connectivity index (χ0) is 23.3. The number of anilines is 3. The van der Waals surface area contributed by atoms with Crippen LogP contribution in [0.3, 0.4) is 0 Å². The molecule has 0 spiro atoms. The van der Waals surface area contributed by atoms with Gasteiger partial charge in [0.25, 0.3) is 0 Å². The van der Waals surface area contributed by atoms with Gasteiger partial charge in [-0.15, -0.1) is 0 Å². The monoisotopic (exact) mass is 446 g/mol. The summed E-state index contributed by atoms with van der Waals surface area (Å²) in [6.45, 7) is 4.03. The van der Waals surface area contributed by atoms with Crippen molar-refractivity contribution < 1.29 is 9.18 Å². The maximum absolute atomic E-state index is 14.9. The summed E-state index contributed by atoms with van der Waals surface area (Å²) < 4.78 is 16.6. The fraction of sp³-hybridized carbons (Fsp3) is 0.320. The highest BCUT2D eigenvalue weighted by molar-refractivity contribution is 6.11. The highest BCUT2D eigenvalue weighted by Crippen LogP contribution is 2.43. The molecule has 8 heteroatoms. The van der Waals surface area contributed by atoms with Crippen LogP contribution in [-0.2, 0) is 11.8 Å². The zero-order valence-corrected chi connectivity index (χ0v) is 19.0. The molecule has 5 rings (SSSR count). The van der Waals surface area contributed by atoms with Crippen molar-refractivity contribution in [1.82, 2.24) is 9.78 Å². The lowest BCUT2D eigenvalue weighted by atomic mass is 10.0. The van der Waals surface area contributed by atoms with Crippen LogP contribution in [0.1, 0.15) is 32.3 Å². The van der Waals surface area contributed by atoms with Crippen LogP contribution in [0.4, 0.5) is 21.6 Å². The molecule has 1 saturated carbocycles. The largest absolute Gasteiger partial charge is 0.404 e. The van der Waals surface area contributed by atoms with Crippen LogP contribution in [-0.4, -0.2) is 40.5 Å². The van der Waals surface area contributed by atoms with Gasteiger partial charge < -0.3 is 15.5 Å². The number of aromatic nitrogens is 2. The van der Waals surface area contributed by atoms with E-state index in [1.165, 1.54) is 6.07 Å². The molecule has 1 amide bonds. The quantitative estimate of drug-likeness (QED) is 0.611. The Morgan fingerprint density at radius 1 is 1.24 bits per heavy atom. The molecule has 0 radical (unpaired) electrons. The molecule has 1 atom stereocenters. The number of carbonyl (C=O) groups excluding carboxylic acids is 1. The number of amides is 1. The van der Waals surface area contributed by atoms with Gasteiger partial charge in [0.1, 0.15) is 5.82 Å². The number of benzene rings is 2. The van der Waals surface area contributed by atoms with E-state index in [4.69, 9.17) is 5.73 Å². The van der Waals surface area contributed by atoms with E-state index in [0.29, 0.717) is 29.3 Å². The average molecular weight is 447 g/mol. The van der Waals surface area contributed by atoms with Crippen LogP contribution in [0.5, 0.6) is 0 Å². The minimum absolute atomic E-state index is 0.0434. The molecule has 2 N–H and O–H groups in total. The van der Waals surface area contributed by atoms with E-state index in [1.807, 2.05) is 49.4 Å². The maximum atomic E-state index is 14.9. The molecule has 3 aromatic rings. The van der Waals surface area contributed by atoms with E-state index >= 15 is 0 Å². The molecular weight excluding hydrogens is 419 g/mol. The van der Waals surface area contributed by atoms with Gasteiger partial charge in [0.15, 0.2) is 5.82 Å². The number of nitrogens with zero attached hydrogens (tertiary/aromatic N) is 5. The molecule has 7 nitrogen and oxygen atoms in total. The summed E-state index contributed by atoms with van der Waals surface area (Å²) in [6.07, 6.45) is 5.57. The van der Waals surface area contributed by atoms with Crippen molar-refractivity contribution in [2.24, 2.45) is 17.8 Å². The summed E-state index contributed by atoms with van der Waals surface area (Å²) in [5.74, 6) is 0.163. The van der Waals surface area contributed by atoms with Gasteiger partial charge in [-0.2, -0.15) is 5.10 Å². The van der Waals surface area contributed by atoms with Crippen molar-refractivity contribution in [2.75, 3.05) is 16.3 Å². The van der Waals surface area contributed by atoms with Crippen LogP contribution in [0.2, 0.25) is 0 Å². The van der Waals surface area contributed by atoms with E-state index in [1.54, 1.807) is 28.8 Å². The first-order valence-electron chi connectivity index (χ1n) is 11.2. The second-order valence-corrected chi connectivity index (χ2v) is 8.76. The number of halogens is 1. The lowest BCUT2D eigenvalue weighted by molar-refractivity contribution is -0.117. The van der Waals surface area contributed by atoms with Crippen molar-refractivity contribution in [3.63, 3.8) is 0 Å². The van der Waals surface area contributed by atoms with Gasteiger partial charge in [-0.3, -0.25) is 14.5 Å². The number of fused-ring (bicyclic) bond motifs is 2. The van der Waals surface area contributed by atoms with Gasteiger partial charge >= 0.3 is 0 Å². The summed E-state index contributed by atoms with van der Waals surface area (Å²) in [6, 6.07) is 11.1. The Labute approximate surface area is 192 Å². The first-order chi connectivity index (χ1) is 15.9. The Kier molecular flexibility index (Phi) is 5.15. The Hall–Kier alpha value is -3.68. The molecule has 0 bridgehead atoms. The number of aliphatic imine (C=N–C) groups is 1. The lowest BCUT2D eigenvalue weighted by Gasteiger charge is -2.41.